The summed E-state index contributed by atoms with van der Waals surface area (Å²) in [6.07, 6.45) is 0.634. The predicted molar refractivity (Wildman–Crippen MR) is 73.8 cm³/mol. The molecule has 1 aromatic rings. The molecule has 0 fully saturated rings. The molecule has 0 radical (unpaired) electrons. The fourth-order valence-corrected chi connectivity index (χ4v) is 2.74. The lowest BCUT2D eigenvalue weighted by Crippen LogP contribution is -2.55. The van der Waals surface area contributed by atoms with Crippen molar-refractivity contribution in [2.45, 2.75) is 25.3 Å². The van der Waals surface area contributed by atoms with Gasteiger partial charge in [0, 0.05) is 19.8 Å². The van der Waals surface area contributed by atoms with Crippen molar-refractivity contribution in [2.75, 3.05) is 14.2 Å². The van der Waals surface area contributed by atoms with Crippen molar-refractivity contribution in [2.24, 2.45) is 0 Å². The molecular formula is C15H17NO5. The molecule has 6 nitrogen and oxygen atoms in total. The lowest BCUT2D eigenvalue weighted by Gasteiger charge is -2.26. The SMILES string of the molecule is COC(=O)c1ccc2c(c1)CC(NC(C)=O)(C(=O)OC)C2. The highest BCUT2D eigenvalue weighted by Crippen LogP contribution is 2.32. The van der Waals surface area contributed by atoms with Crippen LogP contribution in [-0.2, 0) is 31.9 Å². The first-order chi connectivity index (χ1) is 9.91. The highest BCUT2D eigenvalue weighted by molar-refractivity contribution is 5.91. The van der Waals surface area contributed by atoms with Crippen LogP contribution in [0.3, 0.4) is 0 Å². The number of hydrogen-bond acceptors (Lipinski definition) is 5. The maximum Gasteiger partial charge on any atom is 0.337 e. The van der Waals surface area contributed by atoms with Gasteiger partial charge in [0.2, 0.25) is 5.91 Å². The van der Waals surface area contributed by atoms with Crippen molar-refractivity contribution in [1.29, 1.82) is 0 Å². The van der Waals surface area contributed by atoms with Crippen LogP contribution in [0, 0.1) is 0 Å². The number of carbonyl (C=O) groups excluding carboxylic acids is 3. The third-order valence-electron chi connectivity index (χ3n) is 3.60. The molecule has 1 aromatic carbocycles. The van der Waals surface area contributed by atoms with E-state index >= 15 is 0 Å². The number of nitrogens with one attached hydrogen (secondary N) is 1. The Hall–Kier alpha value is -2.37. The molecule has 0 saturated heterocycles. The Balaban J connectivity index is 2.36. The topological polar surface area (TPSA) is 81.7 Å². The fourth-order valence-electron chi connectivity index (χ4n) is 2.74. The van der Waals surface area contributed by atoms with Gasteiger partial charge < -0.3 is 14.8 Å². The number of rotatable bonds is 3. The van der Waals surface area contributed by atoms with E-state index in [4.69, 9.17) is 4.74 Å². The largest absolute Gasteiger partial charge is 0.467 e. The summed E-state index contributed by atoms with van der Waals surface area (Å²) in [6.45, 7) is 1.35. The average Bonchev–Trinajstić information content (AvgIpc) is 2.82. The van der Waals surface area contributed by atoms with Crippen LogP contribution in [0.5, 0.6) is 0 Å². The Labute approximate surface area is 122 Å². The maximum absolute atomic E-state index is 12.1. The van der Waals surface area contributed by atoms with Gasteiger partial charge in [-0.2, -0.15) is 0 Å². The number of methoxy groups -OCH3 is 2. The van der Waals surface area contributed by atoms with Crippen LogP contribution in [0.1, 0.15) is 28.4 Å². The molecular weight excluding hydrogens is 274 g/mol. The summed E-state index contributed by atoms with van der Waals surface area (Å²) in [5, 5.41) is 2.69. The maximum atomic E-state index is 12.1. The Bertz CT molecular complexity index is 610. The first-order valence-corrected chi connectivity index (χ1v) is 6.49. The van der Waals surface area contributed by atoms with Crippen molar-refractivity contribution in [3.63, 3.8) is 0 Å². The summed E-state index contributed by atoms with van der Waals surface area (Å²) in [4.78, 5) is 35.1. The molecule has 1 unspecified atom stereocenters. The highest BCUT2D eigenvalue weighted by atomic mass is 16.5. The molecule has 0 aliphatic heterocycles. The summed E-state index contributed by atoms with van der Waals surface area (Å²) in [7, 11) is 2.60. The van der Waals surface area contributed by atoms with E-state index in [9.17, 15) is 14.4 Å². The second kappa shape index (κ2) is 5.55. The number of fused-ring (bicyclic) bond motifs is 1. The van der Waals surface area contributed by atoms with E-state index in [-0.39, 0.29) is 5.91 Å². The molecule has 2 rings (SSSR count). The van der Waals surface area contributed by atoms with E-state index in [1.165, 1.54) is 21.1 Å². The van der Waals surface area contributed by atoms with Crippen molar-refractivity contribution in [3.05, 3.63) is 34.9 Å². The van der Waals surface area contributed by atoms with E-state index in [1.54, 1.807) is 18.2 Å². The minimum absolute atomic E-state index is 0.291. The lowest BCUT2D eigenvalue weighted by atomic mass is 9.95. The van der Waals surface area contributed by atoms with Gasteiger partial charge in [-0.1, -0.05) is 6.07 Å². The molecule has 0 saturated carbocycles. The Morgan fingerprint density at radius 1 is 1.10 bits per heavy atom. The van der Waals surface area contributed by atoms with Crippen molar-refractivity contribution < 1.29 is 23.9 Å². The van der Waals surface area contributed by atoms with Gasteiger partial charge in [0.25, 0.3) is 0 Å². The Morgan fingerprint density at radius 2 is 1.76 bits per heavy atom. The van der Waals surface area contributed by atoms with Crippen molar-refractivity contribution >= 4 is 17.8 Å². The minimum Gasteiger partial charge on any atom is -0.467 e. The van der Waals surface area contributed by atoms with E-state index in [0.717, 1.165) is 11.1 Å². The van der Waals surface area contributed by atoms with Crippen LogP contribution >= 0.6 is 0 Å². The van der Waals surface area contributed by atoms with Crippen LogP contribution in [0.25, 0.3) is 0 Å². The van der Waals surface area contributed by atoms with Gasteiger partial charge in [-0.3, -0.25) is 4.79 Å². The van der Waals surface area contributed by atoms with Gasteiger partial charge >= 0.3 is 11.9 Å². The van der Waals surface area contributed by atoms with Crippen LogP contribution in [0.4, 0.5) is 0 Å². The molecule has 21 heavy (non-hydrogen) atoms. The van der Waals surface area contributed by atoms with E-state index in [2.05, 4.69) is 10.1 Å². The average molecular weight is 291 g/mol. The third-order valence-corrected chi connectivity index (χ3v) is 3.60. The number of carbonyl (C=O) groups is 3. The summed E-state index contributed by atoms with van der Waals surface area (Å²) in [5.41, 5.74) is 1.05. The molecule has 1 atom stereocenters. The highest BCUT2D eigenvalue weighted by Gasteiger charge is 2.45. The van der Waals surface area contributed by atoms with Gasteiger partial charge in [-0.25, -0.2) is 9.59 Å². The molecule has 112 valence electrons. The quantitative estimate of drug-likeness (QED) is 0.826. The Morgan fingerprint density at radius 3 is 2.33 bits per heavy atom. The van der Waals surface area contributed by atoms with Gasteiger partial charge in [0.15, 0.2) is 0 Å². The van der Waals surface area contributed by atoms with Crippen LogP contribution in [0.15, 0.2) is 18.2 Å². The first-order valence-electron chi connectivity index (χ1n) is 6.49. The molecule has 1 aliphatic rings. The van der Waals surface area contributed by atoms with Crippen molar-refractivity contribution in [3.8, 4) is 0 Å². The standard InChI is InChI=1S/C15H17NO5/c1-9(17)16-15(14(19)21-3)7-11-5-4-10(13(18)20-2)6-12(11)8-15/h4-6H,7-8H2,1-3H3,(H,16,17). The number of hydrogen-bond donors (Lipinski definition) is 1. The third kappa shape index (κ3) is 2.74. The number of esters is 2. The minimum atomic E-state index is -1.10. The zero-order valence-corrected chi connectivity index (χ0v) is 12.2. The summed E-state index contributed by atoms with van der Waals surface area (Å²) >= 11 is 0. The van der Waals surface area contributed by atoms with Gasteiger partial charge in [0.1, 0.15) is 5.54 Å². The number of ether oxygens (including phenoxy) is 2. The van der Waals surface area contributed by atoms with E-state index in [0.29, 0.717) is 18.4 Å². The van der Waals surface area contributed by atoms with Crippen LogP contribution < -0.4 is 5.32 Å². The molecule has 0 spiro atoms. The van der Waals surface area contributed by atoms with Crippen LogP contribution in [-0.4, -0.2) is 37.6 Å². The van der Waals surface area contributed by atoms with E-state index in [1.807, 2.05) is 0 Å². The smallest absolute Gasteiger partial charge is 0.337 e. The van der Waals surface area contributed by atoms with Gasteiger partial charge in [-0.15, -0.1) is 0 Å². The summed E-state index contributed by atoms with van der Waals surface area (Å²) in [6, 6.07) is 5.10. The van der Waals surface area contributed by atoms with Crippen LogP contribution in [0.2, 0.25) is 0 Å². The fraction of sp³-hybridized carbons (Fsp3) is 0.400. The Kier molecular flexibility index (Phi) is 3.97. The molecule has 1 N–H and O–H groups in total. The van der Waals surface area contributed by atoms with Gasteiger partial charge in [0.05, 0.1) is 19.8 Å². The molecule has 1 amide bonds. The number of benzene rings is 1. The molecule has 0 aromatic heterocycles. The summed E-state index contributed by atoms with van der Waals surface area (Å²) in [5.74, 6) is -1.23. The monoisotopic (exact) mass is 291 g/mol. The molecule has 6 heteroatoms. The second-order valence-corrected chi connectivity index (χ2v) is 5.08. The normalized spacial score (nSPS) is 19.6. The van der Waals surface area contributed by atoms with Crippen molar-refractivity contribution in [1.82, 2.24) is 5.32 Å². The molecule has 0 bridgehead atoms. The second-order valence-electron chi connectivity index (χ2n) is 5.08. The predicted octanol–water partition coefficient (Wildman–Crippen LogP) is 0.620. The van der Waals surface area contributed by atoms with Gasteiger partial charge in [-0.05, 0) is 23.3 Å². The molecule has 1 aliphatic carbocycles. The summed E-state index contributed by atoms with van der Waals surface area (Å²) < 4.78 is 9.50. The zero-order valence-electron chi connectivity index (χ0n) is 12.2. The number of amides is 1. The zero-order chi connectivity index (χ0) is 15.6. The molecule has 0 heterocycles. The van der Waals surface area contributed by atoms with E-state index < -0.39 is 17.5 Å². The lowest BCUT2D eigenvalue weighted by molar-refractivity contribution is -0.150. The first kappa shape index (κ1) is 15.0.